The summed E-state index contributed by atoms with van der Waals surface area (Å²) in [4.78, 5) is 23.2. The Morgan fingerprint density at radius 1 is 1.26 bits per heavy atom. The number of benzene rings is 1. The Hall–Kier alpha value is -4.39. The second kappa shape index (κ2) is 8.43. The zero-order valence-corrected chi connectivity index (χ0v) is 19.5. The second-order valence-electron chi connectivity index (χ2n) is 7.89. The third kappa shape index (κ3) is 3.85. The highest BCUT2D eigenvalue weighted by atomic mass is 35.5. The molecule has 12 nitrogen and oxygen atoms in total. The number of H-pyrrole nitrogens is 1. The summed E-state index contributed by atoms with van der Waals surface area (Å²) in [5.41, 5.74) is 7.07. The number of hydrogen-bond acceptors (Lipinski definition) is 9. The third-order valence-corrected chi connectivity index (χ3v) is 5.75. The van der Waals surface area contributed by atoms with Crippen LogP contribution in [-0.2, 0) is 7.05 Å². The predicted molar refractivity (Wildman–Crippen MR) is 128 cm³/mol. The van der Waals surface area contributed by atoms with E-state index >= 15 is 0 Å². The molecule has 178 valence electrons. The number of pyridine rings is 1. The molecule has 0 bridgehead atoms. The van der Waals surface area contributed by atoms with Crippen molar-refractivity contribution in [2.24, 2.45) is 7.05 Å². The van der Waals surface area contributed by atoms with Crippen LogP contribution in [0.4, 0.5) is 16.0 Å². The van der Waals surface area contributed by atoms with Crippen LogP contribution >= 0.6 is 11.6 Å². The standard InChI is InChI=1S/C21H19ClFN11O/c1-9-6-15(29-28-9)34-14(7-11-13(23)5-4-12(22)16(11)21(34)35)10(2)27-19-17(18(24)25-8-26-19)20-30-32-33(3)31-20/h4-8,10H,1-3H3,(H,28,29)(H3,24,25,26,27)/t10-/m0/s1. The highest BCUT2D eigenvalue weighted by Gasteiger charge is 2.23. The Morgan fingerprint density at radius 3 is 2.74 bits per heavy atom. The van der Waals surface area contributed by atoms with Crippen LogP contribution < -0.4 is 16.6 Å². The van der Waals surface area contributed by atoms with Crippen molar-refractivity contribution in [1.82, 2.24) is 44.9 Å². The second-order valence-corrected chi connectivity index (χ2v) is 8.30. The number of nitrogens with zero attached hydrogens (tertiary/aromatic N) is 8. The third-order valence-electron chi connectivity index (χ3n) is 5.44. The van der Waals surface area contributed by atoms with Gasteiger partial charge in [0, 0.05) is 17.1 Å². The van der Waals surface area contributed by atoms with Gasteiger partial charge < -0.3 is 11.1 Å². The summed E-state index contributed by atoms with van der Waals surface area (Å²) in [5, 5.41) is 22.6. The summed E-state index contributed by atoms with van der Waals surface area (Å²) in [6.07, 6.45) is 1.29. The molecule has 0 saturated carbocycles. The molecular weight excluding hydrogens is 477 g/mol. The molecule has 0 unspecified atom stereocenters. The summed E-state index contributed by atoms with van der Waals surface area (Å²) >= 11 is 6.29. The lowest BCUT2D eigenvalue weighted by Crippen LogP contribution is -2.26. The minimum atomic E-state index is -0.591. The Bertz CT molecular complexity index is 1640. The van der Waals surface area contributed by atoms with E-state index in [0.29, 0.717) is 22.9 Å². The van der Waals surface area contributed by atoms with Gasteiger partial charge >= 0.3 is 0 Å². The van der Waals surface area contributed by atoms with Gasteiger partial charge in [-0.2, -0.15) is 9.90 Å². The van der Waals surface area contributed by atoms with Crippen molar-refractivity contribution in [2.45, 2.75) is 19.9 Å². The van der Waals surface area contributed by atoms with Crippen LogP contribution in [0.25, 0.3) is 28.0 Å². The predicted octanol–water partition coefficient (Wildman–Crippen LogP) is 2.55. The van der Waals surface area contributed by atoms with Crippen molar-refractivity contribution < 1.29 is 4.39 Å². The summed E-state index contributed by atoms with van der Waals surface area (Å²) < 4.78 is 16.2. The summed E-state index contributed by atoms with van der Waals surface area (Å²) in [7, 11) is 1.62. The number of anilines is 2. The van der Waals surface area contributed by atoms with Crippen LogP contribution in [0.3, 0.4) is 0 Å². The van der Waals surface area contributed by atoms with Gasteiger partial charge in [0.05, 0.1) is 29.2 Å². The van der Waals surface area contributed by atoms with E-state index in [1.807, 2.05) is 0 Å². The molecule has 5 aromatic rings. The van der Waals surface area contributed by atoms with Gasteiger partial charge in [-0.05, 0) is 37.3 Å². The highest BCUT2D eigenvalue weighted by molar-refractivity contribution is 6.35. The number of hydrogen-bond donors (Lipinski definition) is 3. The quantitative estimate of drug-likeness (QED) is 0.333. The highest BCUT2D eigenvalue weighted by Crippen LogP contribution is 2.32. The number of aromatic amines is 1. The molecule has 0 fully saturated rings. The molecule has 0 aliphatic carbocycles. The van der Waals surface area contributed by atoms with Crippen LogP contribution in [0.5, 0.6) is 0 Å². The van der Waals surface area contributed by atoms with Gasteiger partial charge in [-0.1, -0.05) is 11.6 Å². The molecule has 14 heteroatoms. The Morgan fingerprint density at radius 2 is 2.06 bits per heavy atom. The zero-order valence-electron chi connectivity index (χ0n) is 18.8. The first kappa shape index (κ1) is 22.4. The largest absolute Gasteiger partial charge is 0.383 e. The SMILES string of the molecule is Cc1cc(-n2c([C@H](C)Nc3ncnc(N)c3-c3nnn(C)n3)cc3c(F)ccc(Cl)c3c2=O)n[nH]1. The summed E-state index contributed by atoms with van der Waals surface area (Å²) in [6, 6.07) is 5.25. The Labute approximate surface area is 202 Å². The van der Waals surface area contributed by atoms with Crippen LogP contribution in [0.2, 0.25) is 5.02 Å². The number of nitrogen functional groups attached to an aromatic ring is 1. The summed E-state index contributed by atoms with van der Waals surface area (Å²) in [5.74, 6) is 0.422. The van der Waals surface area contributed by atoms with Gasteiger partial charge in [0.25, 0.3) is 5.56 Å². The maximum Gasteiger partial charge on any atom is 0.266 e. The van der Waals surface area contributed by atoms with Gasteiger partial charge in [0.15, 0.2) is 5.82 Å². The van der Waals surface area contributed by atoms with Crippen LogP contribution in [-0.4, -0.2) is 44.9 Å². The van der Waals surface area contributed by atoms with E-state index in [1.54, 1.807) is 33.0 Å². The molecule has 1 aromatic carbocycles. The van der Waals surface area contributed by atoms with E-state index in [0.717, 1.165) is 5.69 Å². The van der Waals surface area contributed by atoms with E-state index in [2.05, 4.69) is 40.9 Å². The first-order valence-electron chi connectivity index (χ1n) is 10.4. The van der Waals surface area contributed by atoms with E-state index in [-0.39, 0.29) is 27.4 Å². The molecule has 0 spiro atoms. The molecular formula is C21H19ClFN11O. The fourth-order valence-corrected chi connectivity index (χ4v) is 4.08. The molecule has 0 radical (unpaired) electrons. The van der Waals surface area contributed by atoms with E-state index in [9.17, 15) is 9.18 Å². The van der Waals surface area contributed by atoms with Crippen molar-refractivity contribution in [3.05, 3.63) is 63.2 Å². The lowest BCUT2D eigenvalue weighted by atomic mass is 10.1. The summed E-state index contributed by atoms with van der Waals surface area (Å²) in [6.45, 7) is 3.59. The number of tetrazole rings is 1. The normalized spacial score (nSPS) is 12.3. The molecule has 0 aliphatic rings. The topological polar surface area (TPSA) is 158 Å². The number of aromatic nitrogens is 9. The number of nitrogens with one attached hydrogen (secondary N) is 2. The van der Waals surface area contributed by atoms with Gasteiger partial charge in [-0.3, -0.25) is 14.5 Å². The van der Waals surface area contributed by atoms with Gasteiger partial charge in [-0.15, -0.1) is 10.2 Å². The van der Waals surface area contributed by atoms with Gasteiger partial charge in [0.2, 0.25) is 5.82 Å². The fourth-order valence-electron chi connectivity index (χ4n) is 3.83. The maximum absolute atomic E-state index is 14.8. The lowest BCUT2D eigenvalue weighted by Gasteiger charge is -2.21. The van der Waals surface area contributed by atoms with Gasteiger partial charge in [-0.25, -0.2) is 14.4 Å². The monoisotopic (exact) mass is 495 g/mol. The van der Waals surface area contributed by atoms with Gasteiger partial charge in [0.1, 0.15) is 29.3 Å². The van der Waals surface area contributed by atoms with E-state index in [4.69, 9.17) is 17.3 Å². The zero-order chi connectivity index (χ0) is 24.9. The minimum absolute atomic E-state index is 0.0546. The molecule has 0 amide bonds. The number of aryl methyl sites for hydroxylation is 2. The molecule has 0 aliphatic heterocycles. The van der Waals surface area contributed by atoms with Crippen molar-refractivity contribution >= 4 is 34.0 Å². The maximum atomic E-state index is 14.8. The van der Waals surface area contributed by atoms with Crippen LogP contribution in [0, 0.1) is 12.7 Å². The average molecular weight is 496 g/mol. The number of nitrogens with two attached hydrogens (primary N) is 1. The molecule has 0 saturated heterocycles. The van der Waals surface area contributed by atoms with Crippen molar-refractivity contribution in [1.29, 1.82) is 0 Å². The fraction of sp³-hybridized carbons (Fsp3) is 0.190. The molecule has 1 atom stereocenters. The number of halogens is 2. The van der Waals surface area contributed by atoms with Crippen molar-refractivity contribution in [3.8, 4) is 17.2 Å². The first-order valence-corrected chi connectivity index (χ1v) is 10.8. The minimum Gasteiger partial charge on any atom is -0.383 e. The number of rotatable bonds is 5. The molecule has 5 rings (SSSR count). The number of fused-ring (bicyclic) bond motifs is 1. The van der Waals surface area contributed by atoms with Crippen molar-refractivity contribution in [3.63, 3.8) is 0 Å². The lowest BCUT2D eigenvalue weighted by molar-refractivity contribution is 0.630. The van der Waals surface area contributed by atoms with Crippen LogP contribution in [0.15, 0.2) is 35.4 Å². The van der Waals surface area contributed by atoms with E-state index < -0.39 is 17.4 Å². The average Bonchev–Trinajstić information content (AvgIpc) is 3.44. The smallest absolute Gasteiger partial charge is 0.266 e. The molecule has 4 aromatic heterocycles. The van der Waals surface area contributed by atoms with Crippen LogP contribution in [0.1, 0.15) is 24.4 Å². The molecule has 4 heterocycles. The van der Waals surface area contributed by atoms with Crippen molar-refractivity contribution in [2.75, 3.05) is 11.1 Å². The first-order chi connectivity index (χ1) is 16.7. The van der Waals surface area contributed by atoms with E-state index in [1.165, 1.54) is 27.8 Å². The molecule has 35 heavy (non-hydrogen) atoms. The molecule has 4 N–H and O–H groups in total. The Balaban J connectivity index is 1.70. The Kier molecular flexibility index (Phi) is 5.40.